The fourth-order valence-electron chi connectivity index (χ4n) is 11.4. The first-order valence-electron chi connectivity index (χ1n) is 38.1. The Kier molecular flexibility index (Phi) is 34.5. The predicted molar refractivity (Wildman–Crippen MR) is 460 cm³/mol. The molecule has 0 aliphatic carbocycles. The Labute approximate surface area is 725 Å². The number of azo groups is 4. The number of piperazine rings is 1. The quantitative estimate of drug-likeness (QED) is 0.00421. The monoisotopic (exact) mass is 1810 g/mol. The molecule has 0 spiro atoms. The Morgan fingerprint density at radius 3 is 0.825 bits per heavy atom. The van der Waals surface area contributed by atoms with Gasteiger partial charge >= 0.3 is 23.9 Å². The number of anilines is 10. The van der Waals surface area contributed by atoms with E-state index < -0.39 is 55.6 Å². The number of benzene rings is 8. The molecule has 12 N–H and O–H groups in total. The smallest absolute Gasteiger partial charge is 0.335 e. The van der Waals surface area contributed by atoms with Gasteiger partial charge in [0.15, 0.2) is 0 Å². The summed E-state index contributed by atoms with van der Waals surface area (Å²) < 4.78 is 100. The highest BCUT2D eigenvalue weighted by Gasteiger charge is 2.26. The maximum Gasteiger partial charge on any atom is 0.335 e. The molecule has 0 bridgehead atoms. The lowest BCUT2D eigenvalue weighted by Gasteiger charge is -2.35. The van der Waals surface area contributed by atoms with E-state index in [1.54, 1.807) is 84.9 Å². The van der Waals surface area contributed by atoms with Gasteiger partial charge in [0.2, 0.25) is 35.7 Å². The fourth-order valence-corrected chi connectivity index (χ4v) is 13.4. The number of ether oxygens (including phenoxy) is 4. The number of aromatic carboxylic acids is 4. The molecule has 1 aliphatic heterocycles. The van der Waals surface area contributed by atoms with Gasteiger partial charge in [-0.1, -0.05) is 34.3 Å². The van der Waals surface area contributed by atoms with Crippen LogP contribution in [0.5, 0.6) is 23.0 Å². The van der Waals surface area contributed by atoms with Crippen molar-refractivity contribution < 1.29 is 114 Å². The largest absolute Gasteiger partial charge is 0.491 e. The Morgan fingerprint density at radius 1 is 0.341 bits per heavy atom. The molecule has 3 heterocycles. The number of rotatable bonds is 50. The van der Waals surface area contributed by atoms with E-state index in [0.29, 0.717) is 59.9 Å². The normalized spacial score (nSPS) is 12.4. The van der Waals surface area contributed by atoms with Gasteiger partial charge in [0, 0.05) is 86.0 Å². The molecule has 10 aromatic rings. The van der Waals surface area contributed by atoms with Gasteiger partial charge in [-0.25, -0.2) is 29.7 Å². The third-order valence-corrected chi connectivity index (χ3v) is 20.3. The summed E-state index contributed by atoms with van der Waals surface area (Å²) in [6, 6.07) is 42.4. The van der Waals surface area contributed by atoms with Gasteiger partial charge in [-0.15, -0.1) is 8.67 Å². The molecular weight excluding hydrogens is 1730 g/mol. The van der Waals surface area contributed by atoms with Gasteiger partial charge < -0.3 is 70.4 Å². The topological polar surface area (TPSA) is 603 Å². The van der Waals surface area contributed by atoms with Crippen molar-refractivity contribution in [1.29, 1.82) is 0 Å². The lowest BCUT2D eigenvalue weighted by atomic mass is 10.2. The standard InChI is InChI=1S/C78H80N20O24S4/c99-69(100)49-13-9-17-53(41-49)89-93-57-21-25-61(65(45-57)115-33-1-5-37-123-121-119-107)79-73-83-75(81-63-27-23-59(47-67(63)117-35-3-7-39-125(109,110)111)95-91-55-19-11-15-51(43-55)71(103)104)87-77(85-73)97-29-31-98(32-30-97)78-86-74(80-62-26-22-58(46-66(62)116-34-2-6-38-124-122-120-108)94-90-54-18-10-14-50(42-54)70(101)102)84-76(88-78)82-64-28-24-60(48-68(64)118-36-4-8-40-126(112,113)114)96-92-56-20-12-16-52(44-56)72(105)106/h9-28,41-48,107-108H,1-8,29-40H2,(H,99,100)(H,101,102)(H,103,104)(H,105,106)(H,109,110,111)(H,112,113,114)(H2,79,81,83,85,87)(H2,80,82,84,86,88). The maximum atomic E-state index is 11.8. The van der Waals surface area contributed by atoms with E-state index in [0.717, 1.165) is 24.1 Å². The molecule has 660 valence electrons. The Hall–Kier alpha value is -13.7. The zero-order chi connectivity index (χ0) is 89.2. The molecule has 1 saturated heterocycles. The second kappa shape index (κ2) is 46.7. The van der Waals surface area contributed by atoms with Crippen LogP contribution < -0.4 is 50.0 Å². The zero-order valence-electron chi connectivity index (χ0n) is 66.2. The average Bonchev–Trinajstić information content (AvgIpc) is 0.803. The van der Waals surface area contributed by atoms with Crippen LogP contribution in [-0.2, 0) is 39.0 Å². The van der Waals surface area contributed by atoms with E-state index in [9.17, 15) is 65.5 Å². The molecule has 8 aromatic carbocycles. The highest BCUT2D eigenvalue weighted by Crippen LogP contribution is 2.40. The minimum atomic E-state index is -4.31. The number of hydrogen-bond donors (Lipinski definition) is 12. The minimum Gasteiger partial charge on any atom is -0.491 e. The van der Waals surface area contributed by atoms with Gasteiger partial charge in [0.25, 0.3) is 20.2 Å². The van der Waals surface area contributed by atoms with Crippen molar-refractivity contribution in [2.24, 2.45) is 40.9 Å². The van der Waals surface area contributed by atoms with Crippen LogP contribution in [0, 0.1) is 0 Å². The van der Waals surface area contributed by atoms with Crippen LogP contribution in [-0.4, -0.2) is 186 Å². The molecule has 126 heavy (non-hydrogen) atoms. The molecule has 0 atom stereocenters. The van der Waals surface area contributed by atoms with Crippen molar-refractivity contribution >= 4 is 172 Å². The van der Waals surface area contributed by atoms with Gasteiger partial charge in [-0.05, 0) is 173 Å². The number of hydrogen-bond acceptors (Lipinski definition) is 40. The van der Waals surface area contributed by atoms with E-state index in [2.05, 4.69) is 80.9 Å². The Bertz CT molecular complexity index is 5480. The summed E-state index contributed by atoms with van der Waals surface area (Å²) in [5.74, 6) is -4.18. The van der Waals surface area contributed by atoms with Crippen LogP contribution in [0.15, 0.2) is 211 Å². The number of nitrogens with one attached hydrogen (secondary N) is 4. The van der Waals surface area contributed by atoms with E-state index in [4.69, 9.17) is 59.4 Å². The second-order valence-corrected chi connectivity index (χ2v) is 31.4. The summed E-state index contributed by atoms with van der Waals surface area (Å²) in [5, 5.41) is 111. The first-order valence-corrected chi connectivity index (χ1v) is 43.2. The Balaban J connectivity index is 0.965. The summed E-state index contributed by atoms with van der Waals surface area (Å²) in [5.41, 5.74) is 3.07. The maximum absolute atomic E-state index is 11.8. The highest BCUT2D eigenvalue weighted by atomic mass is 32.2. The summed E-state index contributed by atoms with van der Waals surface area (Å²) >= 11 is 1.75. The first-order chi connectivity index (χ1) is 60.8. The molecule has 44 nitrogen and oxygen atoms in total. The van der Waals surface area contributed by atoms with Crippen molar-refractivity contribution in [3.8, 4) is 23.0 Å². The van der Waals surface area contributed by atoms with Crippen molar-refractivity contribution in [2.75, 3.05) is 107 Å². The van der Waals surface area contributed by atoms with Crippen LogP contribution in [0.25, 0.3) is 0 Å². The lowest BCUT2D eigenvalue weighted by Crippen LogP contribution is -2.48. The molecule has 1 fully saturated rings. The molecule has 1 aliphatic rings. The number of aromatic nitrogens is 6. The van der Waals surface area contributed by atoms with Crippen LogP contribution in [0.4, 0.5) is 104 Å². The lowest BCUT2D eigenvalue weighted by molar-refractivity contribution is -0.432. The second-order valence-electron chi connectivity index (χ2n) is 26.7. The van der Waals surface area contributed by atoms with E-state index in [-0.39, 0.29) is 205 Å². The van der Waals surface area contributed by atoms with Gasteiger partial charge in [0.05, 0.1) is 128 Å². The van der Waals surface area contributed by atoms with Crippen LogP contribution in [0.2, 0.25) is 0 Å². The van der Waals surface area contributed by atoms with E-state index in [1.807, 2.05) is 9.80 Å². The molecule has 11 rings (SSSR count). The van der Waals surface area contributed by atoms with Crippen molar-refractivity contribution in [2.45, 2.75) is 51.4 Å². The molecular formula is C78H80N20O24S4. The number of carboxylic acids is 4. The van der Waals surface area contributed by atoms with Crippen LogP contribution >= 0.6 is 24.1 Å². The third-order valence-electron chi connectivity index (χ3n) is 17.5. The summed E-state index contributed by atoms with van der Waals surface area (Å²) in [4.78, 5) is 80.5. The fraction of sp³-hybridized carbons (Fsp3) is 0.256. The predicted octanol–water partition coefficient (Wildman–Crippen LogP) is 17.4. The number of nitrogens with zero attached hydrogens (tertiary/aromatic N) is 16. The average molecular weight is 1810 g/mol. The summed E-state index contributed by atoms with van der Waals surface area (Å²) in [6.07, 6.45) is 2.43. The van der Waals surface area contributed by atoms with Gasteiger partial charge in [0.1, 0.15) is 23.0 Å². The molecule has 48 heteroatoms. The van der Waals surface area contributed by atoms with Crippen molar-refractivity contribution in [3.63, 3.8) is 0 Å². The van der Waals surface area contributed by atoms with Crippen molar-refractivity contribution in [1.82, 2.24) is 29.9 Å². The summed E-state index contributed by atoms with van der Waals surface area (Å²) in [6.45, 7) is 0.760. The minimum absolute atomic E-state index is 0.00994. The Morgan fingerprint density at radius 2 is 0.587 bits per heavy atom. The number of unbranched alkanes of at least 4 members (excludes halogenated alkanes) is 4. The third kappa shape index (κ3) is 30.4. The van der Waals surface area contributed by atoms with Gasteiger partial charge in [-0.2, -0.15) is 87.7 Å². The zero-order valence-corrected chi connectivity index (χ0v) is 69.5. The van der Waals surface area contributed by atoms with E-state index in [1.165, 1.54) is 84.9 Å². The molecule has 0 unspecified atom stereocenters. The highest BCUT2D eigenvalue weighted by molar-refractivity contribution is 7.94. The van der Waals surface area contributed by atoms with E-state index >= 15 is 0 Å². The van der Waals surface area contributed by atoms with Crippen LogP contribution in [0.1, 0.15) is 92.8 Å². The first kappa shape index (κ1) is 93.0. The number of carbonyl (C=O) groups is 4. The molecule has 0 saturated carbocycles. The summed E-state index contributed by atoms with van der Waals surface area (Å²) in [7, 11) is -8.62. The number of carboxylic acid groups (broad SMARTS) is 4. The van der Waals surface area contributed by atoms with Crippen molar-refractivity contribution in [3.05, 3.63) is 192 Å². The molecule has 0 radical (unpaired) electrons. The SMILES string of the molecule is O=C(O)c1cccc(N=Nc2ccc(Nc3nc(Nc4ccc(N=Nc5cccc(C(=O)O)c5)cc4OCCCCS(=O)(=O)O)nc(N4CCN(c5nc(Nc6ccc(N=Nc7cccc(C(=O)O)c7)cc6OCCCCSOOO)nc(Nc6ccc(N=Nc7cccc(C(=O)O)c7)cc6OCCCCS(=O)(=O)O)n5)CC4)n3)c(OCCCCSOOO)c2)c1. The van der Waals surface area contributed by atoms with Crippen LogP contribution in [0.3, 0.4) is 0 Å². The molecule has 2 aromatic heterocycles. The molecule has 0 amide bonds. The van der Waals surface area contributed by atoms with Gasteiger partial charge in [-0.3, -0.25) is 9.11 Å².